The highest BCUT2D eigenvalue weighted by Gasteiger charge is 2.23. The molecule has 0 aliphatic carbocycles. The zero-order valence-corrected chi connectivity index (χ0v) is 19.3. The number of nitrogens with one attached hydrogen (secondary N) is 1. The van der Waals surface area contributed by atoms with Crippen molar-refractivity contribution in [2.75, 3.05) is 46.9 Å². The van der Waals surface area contributed by atoms with Gasteiger partial charge in [-0.1, -0.05) is 30.3 Å². The Labute approximate surface area is 193 Å². The Balaban J connectivity index is 1.34. The minimum Gasteiger partial charge on any atom is -0.497 e. The van der Waals surface area contributed by atoms with Gasteiger partial charge in [0.05, 0.1) is 26.3 Å². The Morgan fingerprint density at radius 2 is 1.70 bits per heavy atom. The predicted octanol–water partition coefficient (Wildman–Crippen LogP) is 2.27. The summed E-state index contributed by atoms with van der Waals surface area (Å²) in [4.78, 5) is 29.7. The minimum atomic E-state index is -0.300. The van der Waals surface area contributed by atoms with Crippen LogP contribution in [0.4, 0.5) is 0 Å². The summed E-state index contributed by atoms with van der Waals surface area (Å²) in [7, 11) is 4.98. The molecule has 2 heterocycles. The van der Waals surface area contributed by atoms with Crippen LogP contribution in [0.5, 0.6) is 11.5 Å². The van der Waals surface area contributed by atoms with Gasteiger partial charge in [0, 0.05) is 57.3 Å². The lowest BCUT2D eigenvalue weighted by atomic mass is 10.2. The second kappa shape index (κ2) is 9.95. The number of hydrogen-bond acceptors (Lipinski definition) is 5. The lowest BCUT2D eigenvalue weighted by Crippen LogP contribution is -2.50. The van der Waals surface area contributed by atoms with Crippen LogP contribution in [0.25, 0.3) is 10.9 Å². The maximum atomic E-state index is 12.8. The normalized spacial score (nSPS) is 14.3. The first-order valence-corrected chi connectivity index (χ1v) is 11.0. The van der Waals surface area contributed by atoms with Crippen LogP contribution in [0.15, 0.2) is 48.5 Å². The van der Waals surface area contributed by atoms with E-state index >= 15 is 0 Å². The number of aromatic nitrogens is 1. The van der Waals surface area contributed by atoms with E-state index in [9.17, 15) is 9.59 Å². The van der Waals surface area contributed by atoms with Gasteiger partial charge in [0.1, 0.15) is 17.2 Å². The van der Waals surface area contributed by atoms with Crippen LogP contribution in [-0.2, 0) is 18.4 Å². The third kappa shape index (κ3) is 4.96. The Kier molecular flexibility index (Phi) is 6.84. The molecule has 1 aromatic heterocycles. The van der Waals surface area contributed by atoms with E-state index in [2.05, 4.69) is 22.3 Å². The van der Waals surface area contributed by atoms with Gasteiger partial charge in [-0.05, 0) is 11.6 Å². The number of methoxy groups -OCH3 is 2. The summed E-state index contributed by atoms with van der Waals surface area (Å²) in [5.41, 5.74) is 2.54. The summed E-state index contributed by atoms with van der Waals surface area (Å²) in [5, 5.41) is 3.59. The Morgan fingerprint density at radius 3 is 2.36 bits per heavy atom. The summed E-state index contributed by atoms with van der Waals surface area (Å²) < 4.78 is 12.6. The number of carbonyl (C=O) groups excluding carboxylic acids is 2. The number of fused-ring (bicyclic) bond motifs is 1. The molecule has 8 heteroatoms. The molecule has 1 aliphatic heterocycles. The third-order valence-corrected chi connectivity index (χ3v) is 6.16. The average molecular weight is 451 g/mol. The minimum absolute atomic E-state index is 0.0283. The molecule has 2 aromatic carbocycles. The summed E-state index contributed by atoms with van der Waals surface area (Å²) in [6, 6.07) is 15.7. The van der Waals surface area contributed by atoms with Gasteiger partial charge in [0.25, 0.3) is 5.91 Å². The summed E-state index contributed by atoms with van der Waals surface area (Å²) in [6.45, 7) is 3.81. The topological polar surface area (TPSA) is 76.0 Å². The van der Waals surface area contributed by atoms with Gasteiger partial charge in [0.2, 0.25) is 5.91 Å². The van der Waals surface area contributed by atoms with Crippen molar-refractivity contribution in [2.24, 2.45) is 7.05 Å². The molecule has 2 amide bonds. The Morgan fingerprint density at radius 1 is 0.970 bits per heavy atom. The van der Waals surface area contributed by atoms with Crippen molar-refractivity contribution in [1.82, 2.24) is 19.7 Å². The van der Waals surface area contributed by atoms with E-state index in [0.29, 0.717) is 30.3 Å². The van der Waals surface area contributed by atoms with Gasteiger partial charge in [-0.15, -0.1) is 0 Å². The molecular weight excluding hydrogens is 420 g/mol. The van der Waals surface area contributed by atoms with Crippen LogP contribution in [0.1, 0.15) is 16.1 Å². The molecule has 1 aliphatic rings. The second-order valence-corrected chi connectivity index (χ2v) is 8.18. The monoisotopic (exact) mass is 450 g/mol. The molecule has 0 bridgehead atoms. The van der Waals surface area contributed by atoms with Crippen molar-refractivity contribution in [3.63, 3.8) is 0 Å². The zero-order chi connectivity index (χ0) is 23.4. The molecule has 1 fully saturated rings. The average Bonchev–Trinajstić information content (AvgIpc) is 3.19. The molecule has 0 spiro atoms. The van der Waals surface area contributed by atoms with Crippen LogP contribution in [0.2, 0.25) is 0 Å². The van der Waals surface area contributed by atoms with Gasteiger partial charge in [0.15, 0.2) is 0 Å². The number of carbonyl (C=O) groups is 2. The number of aryl methyl sites for hydroxylation is 1. The van der Waals surface area contributed by atoms with Crippen molar-refractivity contribution >= 4 is 22.7 Å². The second-order valence-electron chi connectivity index (χ2n) is 8.18. The first kappa shape index (κ1) is 22.7. The molecule has 8 nitrogen and oxygen atoms in total. The van der Waals surface area contributed by atoms with Crippen LogP contribution in [-0.4, -0.2) is 73.1 Å². The van der Waals surface area contributed by atoms with Crippen molar-refractivity contribution < 1.29 is 19.1 Å². The van der Waals surface area contributed by atoms with E-state index in [-0.39, 0.29) is 18.4 Å². The lowest BCUT2D eigenvalue weighted by Gasteiger charge is -2.34. The third-order valence-electron chi connectivity index (χ3n) is 6.16. The zero-order valence-electron chi connectivity index (χ0n) is 19.3. The van der Waals surface area contributed by atoms with E-state index in [0.717, 1.165) is 30.5 Å². The van der Waals surface area contributed by atoms with E-state index < -0.39 is 0 Å². The van der Waals surface area contributed by atoms with E-state index in [1.54, 1.807) is 30.9 Å². The highest BCUT2D eigenvalue weighted by Crippen LogP contribution is 2.33. The fourth-order valence-corrected chi connectivity index (χ4v) is 4.23. The number of amides is 2. The van der Waals surface area contributed by atoms with Crippen LogP contribution in [0, 0.1) is 0 Å². The number of piperazine rings is 1. The molecule has 1 saturated heterocycles. The maximum Gasteiger partial charge on any atom is 0.268 e. The van der Waals surface area contributed by atoms with E-state index in [1.807, 2.05) is 36.2 Å². The molecule has 0 saturated carbocycles. The number of hydrogen-bond donors (Lipinski definition) is 1. The van der Waals surface area contributed by atoms with Gasteiger partial charge in [-0.2, -0.15) is 0 Å². The molecule has 0 unspecified atom stereocenters. The van der Waals surface area contributed by atoms with Crippen molar-refractivity contribution in [1.29, 1.82) is 0 Å². The molecule has 0 atom stereocenters. The van der Waals surface area contributed by atoms with Crippen LogP contribution in [0.3, 0.4) is 0 Å². The Hall–Kier alpha value is -3.52. The van der Waals surface area contributed by atoms with E-state index in [1.165, 1.54) is 5.56 Å². The van der Waals surface area contributed by atoms with Gasteiger partial charge < -0.3 is 24.3 Å². The van der Waals surface area contributed by atoms with Crippen molar-refractivity contribution in [2.45, 2.75) is 6.54 Å². The molecule has 4 rings (SSSR count). The maximum absolute atomic E-state index is 12.8. The SMILES string of the molecule is COc1cc(OC)c2cc(C(=O)NCC(=O)N3CCN(Cc4ccccc4)CC3)n(C)c2c1. The highest BCUT2D eigenvalue weighted by atomic mass is 16.5. The van der Waals surface area contributed by atoms with Gasteiger partial charge in [-0.25, -0.2) is 0 Å². The smallest absolute Gasteiger partial charge is 0.268 e. The first-order valence-electron chi connectivity index (χ1n) is 11.0. The predicted molar refractivity (Wildman–Crippen MR) is 127 cm³/mol. The number of benzene rings is 2. The largest absolute Gasteiger partial charge is 0.497 e. The van der Waals surface area contributed by atoms with E-state index in [4.69, 9.17) is 9.47 Å². The van der Waals surface area contributed by atoms with Crippen LogP contribution >= 0.6 is 0 Å². The molecule has 33 heavy (non-hydrogen) atoms. The quantitative estimate of drug-likeness (QED) is 0.598. The molecule has 174 valence electrons. The van der Waals surface area contributed by atoms with Crippen molar-refractivity contribution in [3.05, 3.63) is 59.8 Å². The van der Waals surface area contributed by atoms with Crippen LogP contribution < -0.4 is 14.8 Å². The first-order chi connectivity index (χ1) is 16.0. The summed E-state index contributed by atoms with van der Waals surface area (Å²) >= 11 is 0. The molecular formula is C25H30N4O4. The Bertz CT molecular complexity index is 1130. The highest BCUT2D eigenvalue weighted by molar-refractivity contribution is 6.01. The molecule has 0 radical (unpaired) electrons. The van der Waals surface area contributed by atoms with Crippen molar-refractivity contribution in [3.8, 4) is 11.5 Å². The standard InChI is InChI=1S/C25H30N4O4/c1-27-21-13-19(32-2)14-23(33-3)20(21)15-22(27)25(31)26-16-24(30)29-11-9-28(10-12-29)17-18-7-5-4-6-8-18/h4-8,13-15H,9-12,16-17H2,1-3H3,(H,26,31). The number of rotatable bonds is 7. The summed E-state index contributed by atoms with van der Waals surface area (Å²) in [5.74, 6) is 0.907. The lowest BCUT2D eigenvalue weighted by molar-refractivity contribution is -0.131. The number of ether oxygens (including phenoxy) is 2. The molecule has 1 N–H and O–H groups in total. The fourth-order valence-electron chi connectivity index (χ4n) is 4.23. The summed E-state index contributed by atoms with van der Waals surface area (Å²) in [6.07, 6.45) is 0. The molecule has 3 aromatic rings. The number of nitrogens with zero attached hydrogens (tertiary/aromatic N) is 3. The fraction of sp³-hybridized carbons (Fsp3) is 0.360. The van der Waals surface area contributed by atoms with Gasteiger partial charge in [-0.3, -0.25) is 14.5 Å². The van der Waals surface area contributed by atoms with Gasteiger partial charge >= 0.3 is 0 Å².